The molecule has 1 fully saturated rings. The minimum absolute atomic E-state index is 0.0857. The molecule has 150 valence electrons. The maximum absolute atomic E-state index is 12.8. The van der Waals surface area contributed by atoms with Gasteiger partial charge in [-0.1, -0.05) is 12.1 Å². The molecular formula is C22H28N2O4. The van der Waals surface area contributed by atoms with Gasteiger partial charge in [0.2, 0.25) is 0 Å². The van der Waals surface area contributed by atoms with Crippen molar-refractivity contribution in [2.45, 2.75) is 13.2 Å². The Bertz CT molecular complexity index is 784. The molecular weight excluding hydrogens is 356 g/mol. The molecule has 0 unspecified atom stereocenters. The van der Waals surface area contributed by atoms with E-state index in [1.807, 2.05) is 47.4 Å². The molecule has 6 heteroatoms. The van der Waals surface area contributed by atoms with Crippen molar-refractivity contribution in [2.75, 3.05) is 47.5 Å². The Hall–Kier alpha value is -2.57. The number of benzene rings is 2. The van der Waals surface area contributed by atoms with Gasteiger partial charge in [-0.15, -0.1) is 0 Å². The first-order valence-corrected chi connectivity index (χ1v) is 9.45. The van der Waals surface area contributed by atoms with Crippen LogP contribution in [-0.4, -0.2) is 63.2 Å². The number of methoxy groups -OCH3 is 3. The lowest BCUT2D eigenvalue weighted by Gasteiger charge is -2.35. The van der Waals surface area contributed by atoms with E-state index in [0.717, 1.165) is 47.8 Å². The molecule has 0 N–H and O–H groups in total. The molecule has 0 radical (unpaired) electrons. The van der Waals surface area contributed by atoms with Crippen LogP contribution in [0.15, 0.2) is 42.5 Å². The number of piperazine rings is 1. The highest BCUT2D eigenvalue weighted by Crippen LogP contribution is 2.25. The molecule has 1 saturated heterocycles. The normalized spacial score (nSPS) is 14.8. The molecule has 0 aromatic heterocycles. The lowest BCUT2D eigenvalue weighted by Crippen LogP contribution is -2.48. The number of carbonyl (C=O) groups excluding carboxylic acids is 1. The van der Waals surface area contributed by atoms with Crippen molar-refractivity contribution in [2.24, 2.45) is 0 Å². The molecule has 0 bridgehead atoms. The Morgan fingerprint density at radius 1 is 0.929 bits per heavy atom. The summed E-state index contributed by atoms with van der Waals surface area (Å²) in [6.45, 7) is 4.41. The number of hydrogen-bond donors (Lipinski definition) is 0. The summed E-state index contributed by atoms with van der Waals surface area (Å²) in [5.41, 5.74) is 2.88. The third-order valence-electron chi connectivity index (χ3n) is 5.05. The second-order valence-electron chi connectivity index (χ2n) is 6.88. The summed E-state index contributed by atoms with van der Waals surface area (Å²) in [5, 5.41) is 0. The van der Waals surface area contributed by atoms with Crippen molar-refractivity contribution in [3.8, 4) is 11.5 Å². The number of carbonyl (C=O) groups is 1. The summed E-state index contributed by atoms with van der Waals surface area (Å²) in [7, 11) is 5.01. The largest absolute Gasteiger partial charge is 0.497 e. The van der Waals surface area contributed by atoms with E-state index in [-0.39, 0.29) is 5.91 Å². The summed E-state index contributed by atoms with van der Waals surface area (Å²) >= 11 is 0. The summed E-state index contributed by atoms with van der Waals surface area (Å²) < 4.78 is 15.9. The minimum Gasteiger partial charge on any atom is -0.497 e. The van der Waals surface area contributed by atoms with Crippen molar-refractivity contribution in [1.29, 1.82) is 0 Å². The van der Waals surface area contributed by atoms with Gasteiger partial charge in [0.25, 0.3) is 5.91 Å². The Kier molecular flexibility index (Phi) is 6.90. The molecule has 6 nitrogen and oxygen atoms in total. The maximum atomic E-state index is 12.8. The number of nitrogens with zero attached hydrogens (tertiary/aromatic N) is 2. The molecule has 0 saturated carbocycles. The van der Waals surface area contributed by atoms with E-state index in [1.54, 1.807) is 21.3 Å². The average Bonchev–Trinajstić information content (AvgIpc) is 2.74. The zero-order chi connectivity index (χ0) is 19.9. The molecule has 0 aliphatic carbocycles. The molecule has 1 aliphatic heterocycles. The Balaban J connectivity index is 1.57. The first kappa shape index (κ1) is 20.2. The van der Waals surface area contributed by atoms with Gasteiger partial charge in [-0.05, 0) is 35.9 Å². The van der Waals surface area contributed by atoms with E-state index in [4.69, 9.17) is 14.2 Å². The Labute approximate surface area is 166 Å². The third kappa shape index (κ3) is 4.82. The fourth-order valence-corrected chi connectivity index (χ4v) is 3.45. The monoisotopic (exact) mass is 384 g/mol. The topological polar surface area (TPSA) is 51.2 Å². The van der Waals surface area contributed by atoms with Gasteiger partial charge in [0, 0.05) is 51.0 Å². The highest BCUT2D eigenvalue weighted by Gasteiger charge is 2.23. The van der Waals surface area contributed by atoms with Gasteiger partial charge >= 0.3 is 0 Å². The Morgan fingerprint density at radius 2 is 1.64 bits per heavy atom. The first-order chi connectivity index (χ1) is 13.6. The van der Waals surface area contributed by atoms with Crippen molar-refractivity contribution in [3.63, 3.8) is 0 Å². The summed E-state index contributed by atoms with van der Waals surface area (Å²) in [6.07, 6.45) is 0. The van der Waals surface area contributed by atoms with Crippen LogP contribution in [0.2, 0.25) is 0 Å². The molecule has 28 heavy (non-hydrogen) atoms. The van der Waals surface area contributed by atoms with Crippen LogP contribution in [0.25, 0.3) is 0 Å². The molecule has 0 spiro atoms. The van der Waals surface area contributed by atoms with Gasteiger partial charge in [0.15, 0.2) is 0 Å². The van der Waals surface area contributed by atoms with Gasteiger partial charge in [-0.2, -0.15) is 0 Å². The first-order valence-electron chi connectivity index (χ1n) is 9.45. The van der Waals surface area contributed by atoms with Crippen molar-refractivity contribution in [1.82, 2.24) is 9.80 Å². The van der Waals surface area contributed by atoms with Crippen LogP contribution >= 0.6 is 0 Å². The quantitative estimate of drug-likeness (QED) is 0.735. The van der Waals surface area contributed by atoms with Gasteiger partial charge < -0.3 is 19.1 Å². The van der Waals surface area contributed by atoms with Crippen molar-refractivity contribution < 1.29 is 19.0 Å². The minimum atomic E-state index is 0.0857. The predicted octanol–water partition coefficient (Wildman–Crippen LogP) is 2.81. The van der Waals surface area contributed by atoms with E-state index >= 15 is 0 Å². The van der Waals surface area contributed by atoms with Crippen LogP contribution in [0, 0.1) is 0 Å². The van der Waals surface area contributed by atoms with E-state index in [9.17, 15) is 4.79 Å². The van der Waals surface area contributed by atoms with Crippen LogP contribution in [0.5, 0.6) is 11.5 Å². The number of hydrogen-bond acceptors (Lipinski definition) is 5. The fourth-order valence-electron chi connectivity index (χ4n) is 3.45. The third-order valence-corrected chi connectivity index (χ3v) is 5.05. The van der Waals surface area contributed by atoms with E-state index < -0.39 is 0 Å². The maximum Gasteiger partial charge on any atom is 0.253 e. The molecule has 0 atom stereocenters. The van der Waals surface area contributed by atoms with Gasteiger partial charge in [0.05, 0.1) is 20.8 Å². The van der Waals surface area contributed by atoms with Gasteiger partial charge in [-0.25, -0.2) is 0 Å². The van der Waals surface area contributed by atoms with Crippen LogP contribution in [0.4, 0.5) is 0 Å². The van der Waals surface area contributed by atoms with E-state index in [1.165, 1.54) is 0 Å². The lowest BCUT2D eigenvalue weighted by molar-refractivity contribution is 0.0627. The number of ether oxygens (including phenoxy) is 3. The standard InChI is InChI=1S/C22H28N2O4/c1-26-16-17-4-6-18(7-5-17)22(25)24-12-10-23(11-13-24)15-19-14-20(27-2)8-9-21(19)28-3/h4-9,14H,10-13,15-16H2,1-3H3. The summed E-state index contributed by atoms with van der Waals surface area (Å²) in [5.74, 6) is 1.76. The van der Waals surface area contributed by atoms with E-state index in [2.05, 4.69) is 4.90 Å². The fraction of sp³-hybridized carbons (Fsp3) is 0.409. The van der Waals surface area contributed by atoms with Crippen molar-refractivity contribution >= 4 is 5.91 Å². The van der Waals surface area contributed by atoms with Gasteiger partial charge in [0.1, 0.15) is 11.5 Å². The molecule has 1 amide bonds. The molecule has 2 aromatic rings. The van der Waals surface area contributed by atoms with E-state index in [0.29, 0.717) is 19.7 Å². The average molecular weight is 384 g/mol. The van der Waals surface area contributed by atoms with Crippen molar-refractivity contribution in [3.05, 3.63) is 59.2 Å². The molecule has 2 aromatic carbocycles. The summed E-state index contributed by atoms with van der Waals surface area (Å²) in [6, 6.07) is 13.5. The van der Waals surface area contributed by atoms with Crippen LogP contribution in [-0.2, 0) is 17.9 Å². The highest BCUT2D eigenvalue weighted by atomic mass is 16.5. The lowest BCUT2D eigenvalue weighted by atomic mass is 10.1. The molecule has 3 rings (SSSR count). The SMILES string of the molecule is COCc1ccc(C(=O)N2CCN(Cc3cc(OC)ccc3OC)CC2)cc1. The zero-order valence-corrected chi connectivity index (χ0v) is 16.8. The predicted molar refractivity (Wildman–Crippen MR) is 108 cm³/mol. The smallest absolute Gasteiger partial charge is 0.253 e. The number of rotatable bonds is 7. The number of amides is 1. The molecule has 1 heterocycles. The van der Waals surface area contributed by atoms with Crippen LogP contribution in [0.3, 0.4) is 0 Å². The van der Waals surface area contributed by atoms with Gasteiger partial charge in [-0.3, -0.25) is 9.69 Å². The molecule has 1 aliphatic rings. The van der Waals surface area contributed by atoms with Crippen LogP contribution in [0.1, 0.15) is 21.5 Å². The summed E-state index contributed by atoms with van der Waals surface area (Å²) in [4.78, 5) is 17.0. The second kappa shape index (κ2) is 9.57. The van der Waals surface area contributed by atoms with Crippen LogP contribution < -0.4 is 9.47 Å². The second-order valence-corrected chi connectivity index (χ2v) is 6.88. The zero-order valence-electron chi connectivity index (χ0n) is 16.8. The Morgan fingerprint density at radius 3 is 2.25 bits per heavy atom. The highest BCUT2D eigenvalue weighted by molar-refractivity contribution is 5.94.